The summed E-state index contributed by atoms with van der Waals surface area (Å²) in [5, 5.41) is 0. The van der Waals surface area contributed by atoms with Crippen LogP contribution in [0, 0.1) is 6.92 Å². The number of rotatable bonds is 7. The van der Waals surface area contributed by atoms with Crippen LogP contribution in [-0.4, -0.2) is 70.2 Å². The van der Waals surface area contributed by atoms with Gasteiger partial charge in [0.2, 0.25) is 10.0 Å². The standard InChI is InChI=1S/C30H36N2O4S/c1-22-10-4-7-13-29(22)37(33,34)31-18-8-9-19-32-26(20-31)30(27(32)21-35-2)24-16-14-23(15-17-24)25-11-5-6-12-28(25)36-3/h4-7,10-17,26-27,30H,8-9,18-21H2,1-3H3/t26?,27?,30-/m0/s1. The third-order valence-corrected chi connectivity index (χ3v) is 9.93. The first kappa shape index (κ1) is 25.9. The highest BCUT2D eigenvalue weighted by molar-refractivity contribution is 7.89. The smallest absolute Gasteiger partial charge is 0.243 e. The molecule has 0 amide bonds. The quantitative estimate of drug-likeness (QED) is 0.442. The Balaban J connectivity index is 1.45. The monoisotopic (exact) mass is 520 g/mol. The normalized spacial score (nSPS) is 22.9. The molecule has 0 spiro atoms. The van der Waals surface area contributed by atoms with Gasteiger partial charge in [0.15, 0.2) is 0 Å². The van der Waals surface area contributed by atoms with Gasteiger partial charge in [-0.1, -0.05) is 60.7 Å². The molecule has 0 saturated carbocycles. The third-order valence-electron chi connectivity index (χ3n) is 7.91. The Bertz CT molecular complexity index is 1330. The molecule has 2 unspecified atom stereocenters. The van der Waals surface area contributed by atoms with E-state index in [2.05, 4.69) is 35.2 Å². The summed E-state index contributed by atoms with van der Waals surface area (Å²) >= 11 is 0. The van der Waals surface area contributed by atoms with Gasteiger partial charge in [-0.15, -0.1) is 0 Å². The summed E-state index contributed by atoms with van der Waals surface area (Å²) < 4.78 is 40.4. The molecule has 2 aliphatic heterocycles. The maximum atomic E-state index is 13.7. The summed E-state index contributed by atoms with van der Waals surface area (Å²) in [7, 11) is -0.143. The predicted octanol–water partition coefficient (Wildman–Crippen LogP) is 4.94. The van der Waals surface area contributed by atoms with Crippen LogP contribution in [0.3, 0.4) is 0 Å². The lowest BCUT2D eigenvalue weighted by atomic mass is 9.74. The van der Waals surface area contributed by atoms with Crippen molar-refractivity contribution in [2.45, 2.75) is 42.7 Å². The third kappa shape index (κ3) is 4.93. The molecule has 2 aliphatic rings. The Labute approximate surface area is 220 Å². The van der Waals surface area contributed by atoms with Crippen LogP contribution in [0.25, 0.3) is 11.1 Å². The second kappa shape index (κ2) is 11.0. The van der Waals surface area contributed by atoms with Gasteiger partial charge in [0.25, 0.3) is 0 Å². The largest absolute Gasteiger partial charge is 0.496 e. The van der Waals surface area contributed by atoms with Crippen LogP contribution in [0.2, 0.25) is 0 Å². The van der Waals surface area contributed by atoms with E-state index in [0.29, 0.717) is 24.6 Å². The molecule has 3 aromatic carbocycles. The second-order valence-electron chi connectivity index (χ2n) is 10.0. The van der Waals surface area contributed by atoms with Crippen molar-refractivity contribution in [3.05, 3.63) is 83.9 Å². The maximum absolute atomic E-state index is 13.7. The molecule has 2 heterocycles. The van der Waals surface area contributed by atoms with Gasteiger partial charge in [-0.2, -0.15) is 4.31 Å². The molecule has 5 rings (SSSR count). The molecule has 2 fully saturated rings. The molecule has 6 nitrogen and oxygen atoms in total. The topological polar surface area (TPSA) is 59.1 Å². The zero-order valence-corrected chi connectivity index (χ0v) is 22.7. The van der Waals surface area contributed by atoms with Crippen molar-refractivity contribution in [1.29, 1.82) is 0 Å². The van der Waals surface area contributed by atoms with E-state index in [1.807, 2.05) is 37.3 Å². The average Bonchev–Trinajstić information content (AvgIpc) is 2.90. The Hall–Kier alpha value is -2.71. The van der Waals surface area contributed by atoms with Gasteiger partial charge >= 0.3 is 0 Å². The lowest BCUT2D eigenvalue weighted by Crippen LogP contribution is -2.68. The Morgan fingerprint density at radius 3 is 2.32 bits per heavy atom. The first-order valence-electron chi connectivity index (χ1n) is 13.0. The molecule has 0 aromatic heterocycles. The number of benzene rings is 3. The van der Waals surface area contributed by atoms with Gasteiger partial charge in [0, 0.05) is 43.8 Å². The van der Waals surface area contributed by atoms with Crippen molar-refractivity contribution in [3.8, 4) is 16.9 Å². The van der Waals surface area contributed by atoms with Crippen LogP contribution >= 0.6 is 0 Å². The summed E-state index contributed by atoms with van der Waals surface area (Å²) in [6.45, 7) is 4.49. The van der Waals surface area contributed by atoms with Crippen LogP contribution in [0.15, 0.2) is 77.7 Å². The molecule has 0 radical (unpaired) electrons. The lowest BCUT2D eigenvalue weighted by Gasteiger charge is -2.57. The van der Waals surface area contributed by atoms with Gasteiger partial charge in [-0.05, 0) is 55.1 Å². The molecule has 0 bridgehead atoms. The van der Waals surface area contributed by atoms with E-state index < -0.39 is 10.0 Å². The highest BCUT2D eigenvalue weighted by atomic mass is 32.2. The van der Waals surface area contributed by atoms with Crippen LogP contribution in [0.4, 0.5) is 0 Å². The Morgan fingerprint density at radius 2 is 1.59 bits per heavy atom. The Morgan fingerprint density at radius 1 is 0.892 bits per heavy atom. The van der Waals surface area contributed by atoms with E-state index in [-0.39, 0.29) is 18.0 Å². The van der Waals surface area contributed by atoms with Crippen molar-refractivity contribution < 1.29 is 17.9 Å². The average molecular weight is 521 g/mol. The summed E-state index contributed by atoms with van der Waals surface area (Å²) in [6, 6.07) is 24.3. The molecule has 37 heavy (non-hydrogen) atoms. The predicted molar refractivity (Wildman–Crippen MR) is 147 cm³/mol. The highest BCUT2D eigenvalue weighted by Crippen LogP contribution is 2.43. The van der Waals surface area contributed by atoms with Crippen molar-refractivity contribution in [3.63, 3.8) is 0 Å². The minimum atomic E-state index is -3.58. The molecular weight excluding hydrogens is 484 g/mol. The Kier molecular flexibility index (Phi) is 7.67. The van der Waals surface area contributed by atoms with Crippen LogP contribution in [0.1, 0.15) is 29.9 Å². The molecule has 0 aliphatic carbocycles. The zero-order valence-electron chi connectivity index (χ0n) is 21.8. The number of methoxy groups -OCH3 is 2. The summed E-state index contributed by atoms with van der Waals surface area (Å²) in [5.74, 6) is 1.04. The number of sulfonamides is 1. The van der Waals surface area contributed by atoms with Crippen molar-refractivity contribution in [2.24, 2.45) is 0 Å². The van der Waals surface area contributed by atoms with Crippen LogP contribution in [0.5, 0.6) is 5.75 Å². The fourth-order valence-corrected chi connectivity index (χ4v) is 7.75. The van der Waals surface area contributed by atoms with Gasteiger partial charge < -0.3 is 9.47 Å². The van der Waals surface area contributed by atoms with E-state index in [1.165, 1.54) is 5.56 Å². The summed E-state index contributed by atoms with van der Waals surface area (Å²) in [4.78, 5) is 2.87. The van der Waals surface area contributed by atoms with E-state index >= 15 is 0 Å². The van der Waals surface area contributed by atoms with Crippen molar-refractivity contribution >= 4 is 10.0 Å². The first-order valence-corrected chi connectivity index (χ1v) is 14.4. The number of fused-ring (bicyclic) bond motifs is 1. The number of aryl methyl sites for hydroxylation is 1. The number of ether oxygens (including phenoxy) is 2. The summed E-state index contributed by atoms with van der Waals surface area (Å²) in [5.41, 5.74) is 4.16. The molecular formula is C30H36N2O4S. The van der Waals surface area contributed by atoms with Gasteiger partial charge in [-0.25, -0.2) is 8.42 Å². The minimum absolute atomic E-state index is 0.108. The van der Waals surface area contributed by atoms with Crippen LogP contribution in [-0.2, 0) is 14.8 Å². The fraction of sp³-hybridized carbons (Fsp3) is 0.400. The first-order chi connectivity index (χ1) is 18.0. The fourth-order valence-electron chi connectivity index (χ4n) is 6.03. The van der Waals surface area contributed by atoms with Crippen LogP contribution < -0.4 is 4.74 Å². The number of nitrogens with zero attached hydrogens (tertiary/aromatic N) is 2. The molecule has 2 saturated heterocycles. The van der Waals surface area contributed by atoms with Crippen molar-refractivity contribution in [1.82, 2.24) is 9.21 Å². The van der Waals surface area contributed by atoms with Gasteiger partial charge in [0.1, 0.15) is 5.75 Å². The number of hydrogen-bond acceptors (Lipinski definition) is 5. The summed E-state index contributed by atoms with van der Waals surface area (Å²) in [6.07, 6.45) is 1.82. The van der Waals surface area contributed by atoms with E-state index in [1.54, 1.807) is 30.7 Å². The molecule has 196 valence electrons. The van der Waals surface area contributed by atoms with E-state index in [0.717, 1.165) is 41.8 Å². The lowest BCUT2D eigenvalue weighted by molar-refractivity contribution is -0.0635. The minimum Gasteiger partial charge on any atom is -0.496 e. The highest BCUT2D eigenvalue weighted by Gasteiger charge is 2.50. The van der Waals surface area contributed by atoms with Gasteiger partial charge in [0.05, 0.1) is 18.6 Å². The van der Waals surface area contributed by atoms with Gasteiger partial charge in [-0.3, -0.25) is 4.90 Å². The molecule has 7 heteroatoms. The number of hydrogen-bond donors (Lipinski definition) is 0. The molecule has 0 N–H and O–H groups in total. The van der Waals surface area contributed by atoms with E-state index in [4.69, 9.17) is 9.47 Å². The maximum Gasteiger partial charge on any atom is 0.243 e. The van der Waals surface area contributed by atoms with Crippen molar-refractivity contribution in [2.75, 3.05) is 40.5 Å². The molecule has 3 atom stereocenters. The molecule has 3 aromatic rings. The SMILES string of the molecule is COCC1[C@@H](c2ccc(-c3ccccc3OC)cc2)C2CN(S(=O)(=O)c3ccccc3C)CCCCN12. The zero-order chi connectivity index (χ0) is 26.0. The van der Waals surface area contributed by atoms with E-state index in [9.17, 15) is 8.42 Å². The number of para-hydroxylation sites is 1. The second-order valence-corrected chi connectivity index (χ2v) is 11.9.